The summed E-state index contributed by atoms with van der Waals surface area (Å²) >= 11 is 12.7. The molecule has 0 bridgehead atoms. The van der Waals surface area contributed by atoms with Crippen molar-refractivity contribution in [1.29, 1.82) is 0 Å². The van der Waals surface area contributed by atoms with E-state index in [1.54, 1.807) is 0 Å². The maximum Gasteiger partial charge on any atom is 0.290 e. The van der Waals surface area contributed by atoms with Crippen LogP contribution in [0.1, 0.15) is 16.1 Å². The van der Waals surface area contributed by atoms with E-state index in [4.69, 9.17) is 28.9 Å². The highest BCUT2D eigenvalue weighted by molar-refractivity contribution is 7.13. The second-order valence-electron chi connectivity index (χ2n) is 3.60. The van der Waals surface area contributed by atoms with Crippen LogP contribution in [-0.4, -0.2) is 22.2 Å². The molecule has 0 radical (unpaired) electrons. The van der Waals surface area contributed by atoms with E-state index in [0.29, 0.717) is 10.2 Å². The van der Waals surface area contributed by atoms with Crippen molar-refractivity contribution in [3.63, 3.8) is 0 Å². The SMILES string of the molecule is Nc1nc(C(=O)NN=Cc2cc(Cl)cc(Cl)c2O)cs1. The van der Waals surface area contributed by atoms with Crippen LogP contribution in [-0.2, 0) is 0 Å². The third-order valence-corrected chi connectivity index (χ3v) is 3.36. The number of hydrogen-bond donors (Lipinski definition) is 3. The van der Waals surface area contributed by atoms with Crippen molar-refractivity contribution < 1.29 is 9.90 Å². The van der Waals surface area contributed by atoms with E-state index in [0.717, 1.165) is 11.3 Å². The van der Waals surface area contributed by atoms with Crippen molar-refractivity contribution in [2.24, 2.45) is 5.10 Å². The number of phenols is 1. The Morgan fingerprint density at radius 3 is 2.90 bits per heavy atom. The number of hydrogen-bond acceptors (Lipinski definition) is 6. The number of nitrogens with one attached hydrogen (secondary N) is 1. The van der Waals surface area contributed by atoms with Crippen LogP contribution in [0.2, 0.25) is 10.0 Å². The number of phenolic OH excluding ortho intramolecular Hbond substituents is 1. The van der Waals surface area contributed by atoms with Gasteiger partial charge in [-0.3, -0.25) is 4.79 Å². The monoisotopic (exact) mass is 330 g/mol. The van der Waals surface area contributed by atoms with Crippen LogP contribution >= 0.6 is 34.5 Å². The Bertz CT molecular complexity index is 687. The molecule has 9 heteroatoms. The number of amides is 1. The van der Waals surface area contributed by atoms with Gasteiger partial charge < -0.3 is 10.8 Å². The number of halogens is 2. The lowest BCUT2D eigenvalue weighted by Crippen LogP contribution is -2.18. The standard InChI is InChI=1S/C11H8Cl2N4O2S/c12-6-1-5(9(18)7(13)2-6)3-15-17-10(19)8-4-20-11(14)16-8/h1-4,18H,(H2,14,16)(H,17,19). The summed E-state index contributed by atoms with van der Waals surface area (Å²) in [6, 6.07) is 2.85. The number of carbonyl (C=O) groups is 1. The number of aromatic hydroxyl groups is 1. The summed E-state index contributed by atoms with van der Waals surface area (Å²) in [5, 5.41) is 15.6. The van der Waals surface area contributed by atoms with Gasteiger partial charge in [0.25, 0.3) is 5.91 Å². The number of hydrazone groups is 1. The van der Waals surface area contributed by atoms with Crippen LogP contribution in [0, 0.1) is 0 Å². The summed E-state index contributed by atoms with van der Waals surface area (Å²) in [4.78, 5) is 15.4. The minimum Gasteiger partial charge on any atom is -0.506 e. The van der Waals surface area contributed by atoms with Gasteiger partial charge in [0.2, 0.25) is 0 Å². The first-order valence-electron chi connectivity index (χ1n) is 5.20. The minimum absolute atomic E-state index is 0.0950. The lowest BCUT2D eigenvalue weighted by molar-refractivity contribution is 0.0951. The molecule has 1 heterocycles. The number of thiazole rings is 1. The molecule has 0 unspecified atom stereocenters. The van der Waals surface area contributed by atoms with E-state index in [1.165, 1.54) is 23.7 Å². The molecule has 0 aliphatic carbocycles. The average Bonchev–Trinajstić information content (AvgIpc) is 2.81. The van der Waals surface area contributed by atoms with Gasteiger partial charge in [0, 0.05) is 16.0 Å². The maximum atomic E-state index is 11.6. The van der Waals surface area contributed by atoms with Crippen molar-refractivity contribution >= 4 is 51.8 Å². The third-order valence-electron chi connectivity index (χ3n) is 2.18. The van der Waals surface area contributed by atoms with Crippen LogP contribution in [0.3, 0.4) is 0 Å². The molecule has 20 heavy (non-hydrogen) atoms. The molecule has 104 valence electrons. The highest BCUT2D eigenvalue weighted by Crippen LogP contribution is 2.29. The fourth-order valence-electron chi connectivity index (χ4n) is 1.29. The molecular weight excluding hydrogens is 323 g/mol. The Morgan fingerprint density at radius 1 is 1.50 bits per heavy atom. The molecule has 6 nitrogen and oxygen atoms in total. The summed E-state index contributed by atoms with van der Waals surface area (Å²) in [6.07, 6.45) is 1.22. The largest absolute Gasteiger partial charge is 0.506 e. The van der Waals surface area contributed by atoms with Crippen LogP contribution in [0.4, 0.5) is 5.13 Å². The molecule has 0 spiro atoms. The Morgan fingerprint density at radius 2 is 2.25 bits per heavy atom. The molecule has 2 rings (SSSR count). The van der Waals surface area contributed by atoms with Gasteiger partial charge in [0.05, 0.1) is 11.2 Å². The van der Waals surface area contributed by atoms with Crippen LogP contribution in [0.5, 0.6) is 5.75 Å². The zero-order valence-corrected chi connectivity index (χ0v) is 12.1. The molecule has 0 atom stereocenters. The smallest absolute Gasteiger partial charge is 0.290 e. The molecule has 0 aliphatic heterocycles. The van der Waals surface area contributed by atoms with Gasteiger partial charge >= 0.3 is 0 Å². The quantitative estimate of drug-likeness (QED) is 0.594. The number of nitrogens with two attached hydrogens (primary N) is 1. The van der Waals surface area contributed by atoms with Crippen molar-refractivity contribution in [3.05, 3.63) is 38.8 Å². The molecule has 1 aromatic carbocycles. The first kappa shape index (κ1) is 14.6. The van der Waals surface area contributed by atoms with Crippen LogP contribution in [0.25, 0.3) is 0 Å². The lowest BCUT2D eigenvalue weighted by Gasteiger charge is -2.02. The fourth-order valence-corrected chi connectivity index (χ4v) is 2.35. The predicted molar refractivity (Wildman–Crippen MR) is 79.7 cm³/mol. The van der Waals surface area contributed by atoms with Gasteiger partial charge in [0.1, 0.15) is 11.4 Å². The summed E-state index contributed by atoms with van der Waals surface area (Å²) in [7, 11) is 0. The normalized spacial score (nSPS) is 10.9. The summed E-state index contributed by atoms with van der Waals surface area (Å²) in [5.74, 6) is -0.686. The third kappa shape index (κ3) is 3.38. The predicted octanol–water partition coefficient (Wildman–Crippen LogP) is 2.50. The van der Waals surface area contributed by atoms with E-state index in [9.17, 15) is 9.90 Å². The first-order valence-corrected chi connectivity index (χ1v) is 6.83. The first-order chi connectivity index (χ1) is 9.47. The van der Waals surface area contributed by atoms with Gasteiger partial charge in [-0.2, -0.15) is 5.10 Å². The zero-order chi connectivity index (χ0) is 14.7. The van der Waals surface area contributed by atoms with Gasteiger partial charge in [-0.15, -0.1) is 11.3 Å². The second kappa shape index (κ2) is 6.08. The Labute approximate surface area is 127 Å². The number of nitrogens with zero attached hydrogens (tertiary/aromatic N) is 2. The number of carbonyl (C=O) groups excluding carboxylic acids is 1. The van der Waals surface area contributed by atoms with Crippen LogP contribution in [0.15, 0.2) is 22.6 Å². The Kier molecular flexibility index (Phi) is 4.43. The average molecular weight is 331 g/mol. The van der Waals surface area contributed by atoms with Crippen molar-refractivity contribution in [1.82, 2.24) is 10.4 Å². The number of aromatic nitrogens is 1. The molecule has 1 aromatic heterocycles. The van der Waals surface area contributed by atoms with E-state index in [-0.39, 0.29) is 22.0 Å². The molecule has 0 aliphatic rings. The summed E-state index contributed by atoms with van der Waals surface area (Å²) in [5.41, 5.74) is 8.11. The lowest BCUT2D eigenvalue weighted by atomic mass is 10.2. The maximum absolute atomic E-state index is 11.6. The highest BCUT2D eigenvalue weighted by Gasteiger charge is 2.09. The Hall–Kier alpha value is -1.83. The zero-order valence-electron chi connectivity index (χ0n) is 9.80. The van der Waals surface area contributed by atoms with Crippen molar-refractivity contribution in [3.8, 4) is 5.75 Å². The number of nitrogen functional groups attached to an aromatic ring is 1. The summed E-state index contributed by atoms with van der Waals surface area (Å²) < 4.78 is 0. The van der Waals surface area contributed by atoms with E-state index >= 15 is 0 Å². The number of anilines is 1. The highest BCUT2D eigenvalue weighted by atomic mass is 35.5. The second-order valence-corrected chi connectivity index (χ2v) is 5.33. The fraction of sp³-hybridized carbons (Fsp3) is 0. The van der Waals surface area contributed by atoms with Gasteiger partial charge in [0.15, 0.2) is 5.13 Å². The molecule has 4 N–H and O–H groups in total. The van der Waals surface area contributed by atoms with E-state index in [1.807, 2.05) is 0 Å². The van der Waals surface area contributed by atoms with Crippen LogP contribution < -0.4 is 11.2 Å². The van der Waals surface area contributed by atoms with Crippen molar-refractivity contribution in [2.75, 3.05) is 5.73 Å². The summed E-state index contributed by atoms with van der Waals surface area (Å²) in [6.45, 7) is 0. The van der Waals surface area contributed by atoms with Crippen molar-refractivity contribution in [2.45, 2.75) is 0 Å². The van der Waals surface area contributed by atoms with Gasteiger partial charge in [-0.1, -0.05) is 23.2 Å². The van der Waals surface area contributed by atoms with E-state index in [2.05, 4.69) is 15.5 Å². The minimum atomic E-state index is -0.512. The molecule has 2 aromatic rings. The number of benzene rings is 1. The molecule has 0 saturated heterocycles. The molecule has 0 fully saturated rings. The van der Waals surface area contributed by atoms with Gasteiger partial charge in [-0.25, -0.2) is 10.4 Å². The molecule has 0 saturated carbocycles. The van der Waals surface area contributed by atoms with Gasteiger partial charge in [-0.05, 0) is 12.1 Å². The molecule has 1 amide bonds. The Balaban J connectivity index is 2.09. The van der Waals surface area contributed by atoms with E-state index < -0.39 is 5.91 Å². The molecular formula is C11H8Cl2N4O2S. The number of rotatable bonds is 3. The topological polar surface area (TPSA) is 101 Å².